The first-order valence-electron chi connectivity index (χ1n) is 6.20. The summed E-state index contributed by atoms with van der Waals surface area (Å²) in [6.45, 7) is 1.01. The molecule has 98 valence electrons. The molecule has 2 aromatic carbocycles. The minimum Gasteiger partial charge on any atom is -0.508 e. The van der Waals surface area contributed by atoms with Crippen molar-refractivity contribution in [1.29, 1.82) is 0 Å². The lowest BCUT2D eigenvalue weighted by molar-refractivity contribution is -0.00105. The molecule has 0 saturated carbocycles. The van der Waals surface area contributed by atoms with E-state index in [4.69, 9.17) is 9.57 Å². The molecular weight excluding hydrogens is 242 g/mol. The molecule has 1 aliphatic rings. The van der Waals surface area contributed by atoms with Gasteiger partial charge in [-0.2, -0.15) is 5.48 Å². The van der Waals surface area contributed by atoms with Crippen molar-refractivity contribution >= 4 is 0 Å². The predicted molar refractivity (Wildman–Crippen MR) is 70.7 cm³/mol. The second-order valence-electron chi connectivity index (χ2n) is 4.48. The highest BCUT2D eigenvalue weighted by Crippen LogP contribution is 2.34. The van der Waals surface area contributed by atoms with Crippen LogP contribution in [0, 0.1) is 0 Å². The minimum absolute atomic E-state index is 0.000637. The average molecular weight is 257 g/mol. The van der Waals surface area contributed by atoms with Crippen molar-refractivity contribution in [2.24, 2.45) is 0 Å². The number of ether oxygens (including phenoxy) is 1. The zero-order valence-corrected chi connectivity index (χ0v) is 10.4. The van der Waals surface area contributed by atoms with Crippen molar-refractivity contribution in [2.45, 2.75) is 12.6 Å². The van der Waals surface area contributed by atoms with Crippen molar-refractivity contribution < 1.29 is 14.7 Å². The Hall–Kier alpha value is -2.04. The number of nitrogens with one attached hydrogen (secondary N) is 1. The molecule has 2 aromatic rings. The summed E-state index contributed by atoms with van der Waals surface area (Å²) in [5.74, 6) is 0.922. The highest BCUT2D eigenvalue weighted by molar-refractivity contribution is 5.44. The van der Waals surface area contributed by atoms with Gasteiger partial charge in [0, 0.05) is 11.6 Å². The van der Waals surface area contributed by atoms with Crippen molar-refractivity contribution in [3.05, 3.63) is 59.7 Å². The van der Waals surface area contributed by atoms with E-state index in [1.807, 2.05) is 36.4 Å². The Morgan fingerprint density at radius 2 is 2.05 bits per heavy atom. The van der Waals surface area contributed by atoms with E-state index >= 15 is 0 Å². The monoisotopic (exact) mass is 257 g/mol. The third kappa shape index (κ3) is 2.70. The van der Waals surface area contributed by atoms with E-state index in [1.165, 1.54) is 0 Å². The average Bonchev–Trinajstić information content (AvgIpc) is 2.82. The van der Waals surface area contributed by atoms with Crippen LogP contribution >= 0.6 is 0 Å². The Morgan fingerprint density at radius 3 is 2.89 bits per heavy atom. The third-order valence-corrected chi connectivity index (χ3v) is 3.09. The molecule has 1 aliphatic heterocycles. The van der Waals surface area contributed by atoms with Crippen molar-refractivity contribution in [2.75, 3.05) is 6.61 Å². The third-order valence-electron chi connectivity index (χ3n) is 3.09. The van der Waals surface area contributed by atoms with E-state index in [-0.39, 0.29) is 11.8 Å². The van der Waals surface area contributed by atoms with Gasteiger partial charge in [-0.05, 0) is 17.7 Å². The molecule has 19 heavy (non-hydrogen) atoms. The summed E-state index contributed by atoms with van der Waals surface area (Å²) in [6.07, 6.45) is 0. The van der Waals surface area contributed by atoms with Gasteiger partial charge in [-0.1, -0.05) is 30.3 Å². The van der Waals surface area contributed by atoms with E-state index in [0.29, 0.717) is 19.0 Å². The predicted octanol–water partition coefficient (Wildman–Crippen LogP) is 2.55. The lowest BCUT2D eigenvalue weighted by atomic mass is 10.1. The summed E-state index contributed by atoms with van der Waals surface area (Å²) < 4.78 is 5.49. The van der Waals surface area contributed by atoms with Crippen molar-refractivity contribution in [1.82, 2.24) is 5.48 Å². The first kappa shape index (κ1) is 12.0. The van der Waals surface area contributed by atoms with Gasteiger partial charge >= 0.3 is 0 Å². The van der Waals surface area contributed by atoms with Crippen LogP contribution < -0.4 is 10.2 Å². The van der Waals surface area contributed by atoms with Crippen LogP contribution in [0.3, 0.4) is 0 Å². The Morgan fingerprint density at radius 1 is 1.21 bits per heavy atom. The normalized spacial score (nSPS) is 16.9. The lowest BCUT2D eigenvalue weighted by Gasteiger charge is -2.11. The quantitative estimate of drug-likeness (QED) is 0.826. The fourth-order valence-electron chi connectivity index (χ4n) is 2.10. The molecule has 0 aliphatic carbocycles. The molecule has 0 bridgehead atoms. The van der Waals surface area contributed by atoms with Crippen LogP contribution in [-0.4, -0.2) is 11.7 Å². The second kappa shape index (κ2) is 5.30. The number of benzene rings is 2. The largest absolute Gasteiger partial charge is 0.508 e. The number of phenols is 1. The van der Waals surface area contributed by atoms with Gasteiger partial charge in [-0.3, -0.25) is 4.84 Å². The van der Waals surface area contributed by atoms with Gasteiger partial charge in [-0.15, -0.1) is 0 Å². The maximum atomic E-state index is 9.38. The highest BCUT2D eigenvalue weighted by Gasteiger charge is 2.24. The maximum Gasteiger partial charge on any atom is 0.128 e. The number of phenolic OH excluding ortho intramolecular Hbond substituents is 1. The van der Waals surface area contributed by atoms with Gasteiger partial charge in [0.2, 0.25) is 0 Å². The van der Waals surface area contributed by atoms with Gasteiger partial charge < -0.3 is 9.84 Å². The van der Waals surface area contributed by atoms with E-state index in [0.717, 1.165) is 11.1 Å². The number of fused-ring (bicyclic) bond motifs is 1. The van der Waals surface area contributed by atoms with Gasteiger partial charge in [0.15, 0.2) is 0 Å². The van der Waals surface area contributed by atoms with E-state index < -0.39 is 0 Å². The maximum absolute atomic E-state index is 9.38. The van der Waals surface area contributed by atoms with Gasteiger partial charge in [0.25, 0.3) is 0 Å². The molecule has 1 unspecified atom stereocenters. The van der Waals surface area contributed by atoms with Crippen LogP contribution in [0.4, 0.5) is 0 Å². The van der Waals surface area contributed by atoms with Crippen LogP contribution in [0.25, 0.3) is 0 Å². The molecule has 0 aromatic heterocycles. The zero-order valence-electron chi connectivity index (χ0n) is 10.4. The molecule has 0 fully saturated rings. The Balaban J connectivity index is 1.58. The molecule has 0 spiro atoms. The van der Waals surface area contributed by atoms with E-state index in [2.05, 4.69) is 5.48 Å². The number of rotatable bonds is 4. The molecule has 0 radical (unpaired) electrons. The van der Waals surface area contributed by atoms with Crippen molar-refractivity contribution in [3.8, 4) is 11.5 Å². The molecule has 4 heteroatoms. The number of hydrogen-bond acceptors (Lipinski definition) is 4. The van der Waals surface area contributed by atoms with Gasteiger partial charge in [0.05, 0.1) is 12.6 Å². The van der Waals surface area contributed by atoms with Crippen LogP contribution in [0.2, 0.25) is 0 Å². The summed E-state index contributed by atoms with van der Waals surface area (Å²) in [6, 6.07) is 15.1. The molecule has 1 atom stereocenters. The summed E-state index contributed by atoms with van der Waals surface area (Å²) in [5, 5.41) is 9.38. The molecule has 2 N–H and O–H groups in total. The summed E-state index contributed by atoms with van der Waals surface area (Å²) in [4.78, 5) is 5.50. The van der Waals surface area contributed by atoms with Crippen LogP contribution in [-0.2, 0) is 11.4 Å². The van der Waals surface area contributed by atoms with E-state index in [1.54, 1.807) is 12.1 Å². The Bertz CT molecular complexity index is 557. The standard InChI is InChI=1S/C15H15NO3/c17-12-6-7-13-14(10-18-15(13)8-12)16-19-9-11-4-2-1-3-5-11/h1-8,14,16-17H,9-10H2. The fourth-order valence-corrected chi connectivity index (χ4v) is 2.10. The molecule has 0 saturated heterocycles. The SMILES string of the molecule is Oc1ccc2c(c1)OCC2NOCc1ccccc1. The number of hydroxylamine groups is 1. The van der Waals surface area contributed by atoms with Crippen LogP contribution in [0.5, 0.6) is 11.5 Å². The summed E-state index contributed by atoms with van der Waals surface area (Å²) >= 11 is 0. The van der Waals surface area contributed by atoms with Crippen LogP contribution in [0.1, 0.15) is 17.2 Å². The zero-order chi connectivity index (χ0) is 13.1. The van der Waals surface area contributed by atoms with E-state index in [9.17, 15) is 5.11 Å². The Kier molecular flexibility index (Phi) is 3.35. The highest BCUT2D eigenvalue weighted by atomic mass is 16.6. The topological polar surface area (TPSA) is 50.7 Å². The number of aromatic hydroxyl groups is 1. The molecular formula is C15H15NO3. The van der Waals surface area contributed by atoms with Gasteiger partial charge in [-0.25, -0.2) is 0 Å². The number of hydrogen-bond donors (Lipinski definition) is 2. The molecule has 4 nitrogen and oxygen atoms in total. The smallest absolute Gasteiger partial charge is 0.128 e. The van der Waals surface area contributed by atoms with Crippen LogP contribution in [0.15, 0.2) is 48.5 Å². The minimum atomic E-state index is -0.000637. The first-order chi connectivity index (χ1) is 9.33. The molecule has 1 heterocycles. The first-order valence-corrected chi connectivity index (χ1v) is 6.20. The summed E-state index contributed by atoms with van der Waals surface area (Å²) in [7, 11) is 0. The lowest BCUT2D eigenvalue weighted by Crippen LogP contribution is -2.22. The van der Waals surface area contributed by atoms with Gasteiger partial charge in [0.1, 0.15) is 18.1 Å². The molecule has 0 amide bonds. The second-order valence-corrected chi connectivity index (χ2v) is 4.48. The molecule has 3 rings (SSSR count). The summed E-state index contributed by atoms with van der Waals surface area (Å²) in [5.41, 5.74) is 5.12. The van der Waals surface area contributed by atoms with Crippen molar-refractivity contribution in [3.63, 3.8) is 0 Å². The Labute approximate surface area is 111 Å². The fraction of sp³-hybridized carbons (Fsp3) is 0.200.